The highest BCUT2D eigenvalue weighted by molar-refractivity contribution is 5.89. The fourth-order valence-corrected chi connectivity index (χ4v) is 2.21. The van der Waals surface area contributed by atoms with Gasteiger partial charge in [0.1, 0.15) is 11.6 Å². The molecular formula is C20H19N3O2. The summed E-state index contributed by atoms with van der Waals surface area (Å²) in [5, 5.41) is 6.00. The number of hydrogen-bond donors (Lipinski definition) is 2. The number of para-hydroxylation sites is 2. The third-order valence-corrected chi connectivity index (χ3v) is 3.43. The first-order valence-electron chi connectivity index (χ1n) is 8.05. The van der Waals surface area contributed by atoms with E-state index in [1.165, 1.54) is 0 Å². The maximum Gasteiger partial charge on any atom is 0.228 e. The van der Waals surface area contributed by atoms with Crippen LogP contribution in [0.25, 0.3) is 0 Å². The van der Waals surface area contributed by atoms with Crippen molar-refractivity contribution in [2.24, 2.45) is 0 Å². The van der Waals surface area contributed by atoms with E-state index >= 15 is 0 Å². The van der Waals surface area contributed by atoms with Crippen LogP contribution in [0, 0.1) is 0 Å². The average molecular weight is 333 g/mol. The first-order chi connectivity index (χ1) is 12.3. The van der Waals surface area contributed by atoms with Gasteiger partial charge < -0.3 is 15.4 Å². The van der Waals surface area contributed by atoms with Gasteiger partial charge in [0.2, 0.25) is 5.91 Å². The molecule has 0 aliphatic rings. The zero-order valence-electron chi connectivity index (χ0n) is 13.7. The summed E-state index contributed by atoms with van der Waals surface area (Å²) in [7, 11) is 0. The van der Waals surface area contributed by atoms with E-state index < -0.39 is 0 Å². The Hall–Kier alpha value is -3.34. The zero-order chi connectivity index (χ0) is 17.3. The van der Waals surface area contributed by atoms with E-state index in [-0.39, 0.29) is 12.3 Å². The van der Waals surface area contributed by atoms with Crippen molar-refractivity contribution in [3.05, 3.63) is 79.0 Å². The van der Waals surface area contributed by atoms with E-state index in [4.69, 9.17) is 4.74 Å². The van der Waals surface area contributed by atoms with Crippen molar-refractivity contribution in [3.63, 3.8) is 0 Å². The van der Waals surface area contributed by atoms with E-state index in [1.807, 2.05) is 66.7 Å². The minimum atomic E-state index is -0.132. The fourth-order valence-electron chi connectivity index (χ4n) is 2.21. The van der Waals surface area contributed by atoms with E-state index in [0.29, 0.717) is 12.4 Å². The molecule has 5 nitrogen and oxygen atoms in total. The SMILES string of the molecule is O=C(CCOc1ccccc1)Nc1ccc(Nc2ccccc2)cn1. The van der Waals surface area contributed by atoms with Crippen molar-refractivity contribution in [1.29, 1.82) is 0 Å². The quantitative estimate of drug-likeness (QED) is 0.679. The Morgan fingerprint density at radius 3 is 2.28 bits per heavy atom. The number of hydrogen-bond acceptors (Lipinski definition) is 4. The van der Waals surface area contributed by atoms with Crippen LogP contribution in [0.2, 0.25) is 0 Å². The predicted octanol–water partition coefficient (Wildman–Crippen LogP) is 4.23. The monoisotopic (exact) mass is 333 g/mol. The van der Waals surface area contributed by atoms with Crippen molar-refractivity contribution in [2.75, 3.05) is 17.2 Å². The summed E-state index contributed by atoms with van der Waals surface area (Å²) >= 11 is 0. The minimum Gasteiger partial charge on any atom is -0.493 e. The molecule has 0 saturated heterocycles. The summed E-state index contributed by atoms with van der Waals surface area (Å²) < 4.78 is 5.51. The number of ether oxygens (including phenoxy) is 1. The van der Waals surface area contributed by atoms with Crippen molar-refractivity contribution >= 4 is 23.1 Å². The lowest BCUT2D eigenvalue weighted by molar-refractivity contribution is -0.116. The summed E-state index contributed by atoms with van der Waals surface area (Å²) in [5.74, 6) is 1.14. The minimum absolute atomic E-state index is 0.132. The topological polar surface area (TPSA) is 63.2 Å². The number of nitrogens with zero attached hydrogens (tertiary/aromatic N) is 1. The van der Waals surface area contributed by atoms with E-state index in [2.05, 4.69) is 15.6 Å². The molecule has 5 heteroatoms. The van der Waals surface area contributed by atoms with Crippen LogP contribution in [-0.4, -0.2) is 17.5 Å². The van der Waals surface area contributed by atoms with E-state index in [9.17, 15) is 4.79 Å². The molecule has 0 atom stereocenters. The smallest absolute Gasteiger partial charge is 0.228 e. The molecule has 0 aliphatic carbocycles. The number of carbonyl (C=O) groups is 1. The maximum absolute atomic E-state index is 11.9. The number of aromatic nitrogens is 1. The molecule has 3 rings (SSSR count). The number of anilines is 3. The van der Waals surface area contributed by atoms with E-state index in [1.54, 1.807) is 12.3 Å². The van der Waals surface area contributed by atoms with Crippen LogP contribution in [0.15, 0.2) is 79.0 Å². The molecular weight excluding hydrogens is 314 g/mol. The molecule has 126 valence electrons. The molecule has 0 aliphatic heterocycles. The van der Waals surface area contributed by atoms with Gasteiger partial charge in [-0.1, -0.05) is 36.4 Å². The van der Waals surface area contributed by atoms with Gasteiger partial charge in [-0.15, -0.1) is 0 Å². The van der Waals surface area contributed by atoms with Gasteiger partial charge in [-0.25, -0.2) is 4.98 Å². The number of benzene rings is 2. The third-order valence-electron chi connectivity index (χ3n) is 3.43. The summed E-state index contributed by atoms with van der Waals surface area (Å²) in [6, 6.07) is 22.9. The molecule has 0 unspecified atom stereocenters. The number of pyridine rings is 1. The van der Waals surface area contributed by atoms with Crippen LogP contribution in [0.1, 0.15) is 6.42 Å². The van der Waals surface area contributed by atoms with Crippen molar-refractivity contribution in [1.82, 2.24) is 4.98 Å². The highest BCUT2D eigenvalue weighted by atomic mass is 16.5. The Morgan fingerprint density at radius 2 is 1.60 bits per heavy atom. The fraction of sp³-hybridized carbons (Fsp3) is 0.100. The summed E-state index contributed by atoms with van der Waals surface area (Å²) in [6.45, 7) is 0.323. The number of nitrogens with one attached hydrogen (secondary N) is 2. The Balaban J connectivity index is 1.45. The standard InChI is InChI=1S/C20H19N3O2/c24-20(13-14-25-18-9-5-2-6-10-18)23-19-12-11-17(15-21-19)22-16-7-3-1-4-8-16/h1-12,15,22H,13-14H2,(H,21,23,24). The summed E-state index contributed by atoms with van der Waals surface area (Å²) in [5.41, 5.74) is 1.84. The molecule has 3 aromatic rings. The van der Waals surface area contributed by atoms with Crippen LogP contribution in [0.4, 0.5) is 17.2 Å². The summed E-state index contributed by atoms with van der Waals surface area (Å²) in [6.07, 6.45) is 1.95. The number of carbonyl (C=O) groups excluding carboxylic acids is 1. The van der Waals surface area contributed by atoms with Gasteiger partial charge in [0.05, 0.1) is 24.9 Å². The van der Waals surface area contributed by atoms with Crippen molar-refractivity contribution in [2.45, 2.75) is 6.42 Å². The lowest BCUT2D eigenvalue weighted by Gasteiger charge is -2.08. The second-order valence-electron chi connectivity index (χ2n) is 5.38. The second kappa shape index (κ2) is 8.49. The van der Waals surface area contributed by atoms with Gasteiger partial charge in [0.15, 0.2) is 0 Å². The molecule has 0 fully saturated rings. The van der Waals surface area contributed by atoms with Crippen LogP contribution in [0.3, 0.4) is 0 Å². The van der Waals surface area contributed by atoms with Gasteiger partial charge in [0, 0.05) is 5.69 Å². The molecule has 1 amide bonds. The highest BCUT2D eigenvalue weighted by Crippen LogP contribution is 2.16. The lowest BCUT2D eigenvalue weighted by atomic mass is 10.3. The first-order valence-corrected chi connectivity index (χ1v) is 8.05. The van der Waals surface area contributed by atoms with Gasteiger partial charge in [-0.05, 0) is 36.4 Å². The molecule has 2 N–H and O–H groups in total. The number of amides is 1. The molecule has 2 aromatic carbocycles. The Morgan fingerprint density at radius 1 is 0.880 bits per heavy atom. The summed E-state index contributed by atoms with van der Waals surface area (Å²) in [4.78, 5) is 16.2. The molecule has 1 heterocycles. The molecule has 0 radical (unpaired) electrons. The lowest BCUT2D eigenvalue weighted by Crippen LogP contribution is -2.15. The van der Waals surface area contributed by atoms with Gasteiger partial charge in [-0.3, -0.25) is 4.79 Å². The van der Waals surface area contributed by atoms with Gasteiger partial charge in [-0.2, -0.15) is 0 Å². The van der Waals surface area contributed by atoms with E-state index in [0.717, 1.165) is 17.1 Å². The van der Waals surface area contributed by atoms with Crippen LogP contribution in [0.5, 0.6) is 5.75 Å². The Bertz CT molecular complexity index is 790. The largest absolute Gasteiger partial charge is 0.493 e. The predicted molar refractivity (Wildman–Crippen MR) is 99.1 cm³/mol. The Kier molecular flexibility index (Phi) is 5.61. The van der Waals surface area contributed by atoms with Crippen molar-refractivity contribution in [3.8, 4) is 5.75 Å². The van der Waals surface area contributed by atoms with Crippen LogP contribution < -0.4 is 15.4 Å². The van der Waals surface area contributed by atoms with Crippen LogP contribution >= 0.6 is 0 Å². The molecule has 1 aromatic heterocycles. The molecule has 0 spiro atoms. The van der Waals surface area contributed by atoms with Gasteiger partial charge >= 0.3 is 0 Å². The third kappa shape index (κ3) is 5.35. The maximum atomic E-state index is 11.9. The van der Waals surface area contributed by atoms with Crippen molar-refractivity contribution < 1.29 is 9.53 Å². The molecule has 25 heavy (non-hydrogen) atoms. The Labute approximate surface area is 146 Å². The molecule has 0 bridgehead atoms. The zero-order valence-corrected chi connectivity index (χ0v) is 13.7. The molecule has 0 saturated carbocycles. The average Bonchev–Trinajstić information content (AvgIpc) is 2.65. The highest BCUT2D eigenvalue weighted by Gasteiger charge is 2.04. The normalized spacial score (nSPS) is 10.1. The number of rotatable bonds is 7. The van der Waals surface area contributed by atoms with Crippen LogP contribution in [-0.2, 0) is 4.79 Å². The first kappa shape index (κ1) is 16.5. The van der Waals surface area contributed by atoms with Gasteiger partial charge in [0.25, 0.3) is 0 Å². The second-order valence-corrected chi connectivity index (χ2v) is 5.38.